The van der Waals surface area contributed by atoms with Gasteiger partial charge >= 0.3 is 12.0 Å². The molecule has 3 N–H and O–H groups in total. The zero-order valence-electron chi connectivity index (χ0n) is 15.3. The van der Waals surface area contributed by atoms with Gasteiger partial charge in [0.15, 0.2) is 0 Å². The average Bonchev–Trinajstić information content (AvgIpc) is 2.88. The van der Waals surface area contributed by atoms with Crippen molar-refractivity contribution in [3.05, 3.63) is 11.9 Å². The van der Waals surface area contributed by atoms with Crippen molar-refractivity contribution in [3.8, 4) is 0 Å². The van der Waals surface area contributed by atoms with Crippen LogP contribution in [0.3, 0.4) is 0 Å². The third-order valence-electron chi connectivity index (χ3n) is 4.19. The molecular formula is C17H30N4O3. The van der Waals surface area contributed by atoms with Gasteiger partial charge in [0.1, 0.15) is 0 Å². The number of carbonyl (C=O) groups excluding carboxylic acids is 1. The molecule has 0 saturated carbocycles. The number of nitrogens with zero attached hydrogens (tertiary/aromatic N) is 2. The fraction of sp³-hybridized carbons (Fsp3) is 0.706. The van der Waals surface area contributed by atoms with Gasteiger partial charge in [-0.15, -0.1) is 0 Å². The van der Waals surface area contributed by atoms with Crippen molar-refractivity contribution in [2.45, 2.75) is 78.3 Å². The fourth-order valence-corrected chi connectivity index (χ4v) is 2.74. The van der Waals surface area contributed by atoms with Gasteiger partial charge in [-0.25, -0.2) is 4.79 Å². The molecule has 1 heterocycles. The Morgan fingerprint density at radius 2 is 1.92 bits per heavy atom. The highest BCUT2D eigenvalue weighted by molar-refractivity contribution is 5.90. The number of aromatic nitrogens is 2. The molecule has 0 saturated heterocycles. The minimum Gasteiger partial charge on any atom is -0.481 e. The van der Waals surface area contributed by atoms with Crippen LogP contribution in [0, 0.1) is 0 Å². The second-order valence-corrected chi connectivity index (χ2v) is 6.63. The highest BCUT2D eigenvalue weighted by atomic mass is 16.4. The van der Waals surface area contributed by atoms with Crippen molar-refractivity contribution in [1.29, 1.82) is 0 Å². The minimum absolute atomic E-state index is 0.0140. The van der Waals surface area contributed by atoms with E-state index < -0.39 is 11.5 Å². The number of carboxylic acids is 1. The van der Waals surface area contributed by atoms with E-state index in [9.17, 15) is 9.59 Å². The maximum atomic E-state index is 12.3. The van der Waals surface area contributed by atoms with Crippen molar-refractivity contribution < 1.29 is 14.7 Å². The SMILES string of the molecule is CCc1c(NC(=O)NC(C)(C)CCC(=O)O)cnn1C(CC)CC. The van der Waals surface area contributed by atoms with Crippen molar-refractivity contribution in [2.75, 3.05) is 5.32 Å². The van der Waals surface area contributed by atoms with Crippen molar-refractivity contribution in [1.82, 2.24) is 15.1 Å². The van der Waals surface area contributed by atoms with Gasteiger partial charge in [-0.05, 0) is 39.5 Å². The van der Waals surface area contributed by atoms with Crippen LogP contribution in [0.1, 0.15) is 72.0 Å². The molecule has 0 spiro atoms. The number of carbonyl (C=O) groups is 2. The number of anilines is 1. The van der Waals surface area contributed by atoms with Gasteiger partial charge in [0, 0.05) is 12.0 Å². The molecule has 2 amide bonds. The number of urea groups is 1. The standard InChI is InChI=1S/C17H30N4O3/c1-6-12(7-2)21-14(8-3)13(11-18-21)19-16(24)20-17(4,5)10-9-15(22)23/h11-12H,6-10H2,1-5H3,(H,22,23)(H2,19,20,24). The second-order valence-electron chi connectivity index (χ2n) is 6.63. The van der Waals surface area contributed by atoms with Crippen LogP contribution in [-0.4, -0.2) is 32.4 Å². The largest absolute Gasteiger partial charge is 0.481 e. The van der Waals surface area contributed by atoms with E-state index in [1.165, 1.54) is 0 Å². The summed E-state index contributed by atoms with van der Waals surface area (Å²) in [4.78, 5) is 22.9. The molecule has 0 aliphatic heterocycles. The number of hydrogen-bond donors (Lipinski definition) is 3. The highest BCUT2D eigenvalue weighted by Crippen LogP contribution is 2.23. The number of amides is 2. The Kier molecular flexibility index (Phi) is 7.25. The summed E-state index contributed by atoms with van der Waals surface area (Å²) < 4.78 is 1.99. The topological polar surface area (TPSA) is 96.2 Å². The molecule has 7 nitrogen and oxygen atoms in total. The third kappa shape index (κ3) is 5.54. The van der Waals surface area contributed by atoms with Crippen LogP contribution < -0.4 is 10.6 Å². The monoisotopic (exact) mass is 338 g/mol. The Labute approximate surface area is 143 Å². The molecule has 0 bridgehead atoms. The molecular weight excluding hydrogens is 308 g/mol. The average molecular weight is 338 g/mol. The molecule has 1 rings (SSSR count). The summed E-state index contributed by atoms with van der Waals surface area (Å²) in [5.74, 6) is -0.870. The Hall–Kier alpha value is -2.05. The first-order chi connectivity index (χ1) is 11.2. The molecule has 0 aliphatic carbocycles. The second kappa shape index (κ2) is 8.70. The molecule has 0 aromatic carbocycles. The van der Waals surface area contributed by atoms with Crippen molar-refractivity contribution in [3.63, 3.8) is 0 Å². The number of hydrogen-bond acceptors (Lipinski definition) is 3. The Morgan fingerprint density at radius 1 is 1.29 bits per heavy atom. The maximum Gasteiger partial charge on any atom is 0.319 e. The summed E-state index contributed by atoms with van der Waals surface area (Å²) in [6, 6.07) is -0.0187. The van der Waals surface area contributed by atoms with E-state index in [1.807, 2.05) is 25.5 Å². The van der Waals surface area contributed by atoms with Gasteiger partial charge in [0.2, 0.25) is 0 Å². The van der Waals surface area contributed by atoms with E-state index in [2.05, 4.69) is 29.6 Å². The van der Waals surface area contributed by atoms with E-state index in [4.69, 9.17) is 5.11 Å². The summed E-state index contributed by atoms with van der Waals surface area (Å²) in [5.41, 5.74) is 1.11. The summed E-state index contributed by atoms with van der Waals surface area (Å²) in [7, 11) is 0. The molecule has 1 aromatic heterocycles. The lowest BCUT2D eigenvalue weighted by Gasteiger charge is -2.25. The lowest BCUT2D eigenvalue weighted by Crippen LogP contribution is -2.45. The summed E-state index contributed by atoms with van der Waals surface area (Å²) in [6.07, 6.45) is 4.80. The molecule has 0 atom stereocenters. The smallest absolute Gasteiger partial charge is 0.319 e. The van der Waals surface area contributed by atoms with Crippen LogP contribution in [0.5, 0.6) is 0 Å². The number of aliphatic carboxylic acids is 1. The fourth-order valence-electron chi connectivity index (χ4n) is 2.74. The minimum atomic E-state index is -0.870. The van der Waals surface area contributed by atoms with Gasteiger partial charge in [-0.2, -0.15) is 5.10 Å². The molecule has 1 aromatic rings. The predicted octanol–water partition coefficient (Wildman–Crippen LogP) is 3.57. The van der Waals surface area contributed by atoms with Crippen molar-refractivity contribution in [2.24, 2.45) is 0 Å². The number of carboxylic acid groups (broad SMARTS) is 1. The quantitative estimate of drug-likeness (QED) is 0.641. The van der Waals surface area contributed by atoms with Gasteiger partial charge in [-0.1, -0.05) is 20.8 Å². The Balaban J connectivity index is 2.78. The van der Waals surface area contributed by atoms with E-state index in [0.717, 1.165) is 25.0 Å². The predicted molar refractivity (Wildman–Crippen MR) is 94.3 cm³/mol. The lowest BCUT2D eigenvalue weighted by atomic mass is 9.99. The number of nitrogens with one attached hydrogen (secondary N) is 2. The Bertz CT molecular complexity index is 562. The molecule has 0 aliphatic rings. The first-order valence-corrected chi connectivity index (χ1v) is 8.61. The van der Waals surface area contributed by atoms with Gasteiger partial charge in [0.05, 0.1) is 23.6 Å². The van der Waals surface area contributed by atoms with E-state index in [0.29, 0.717) is 18.2 Å². The van der Waals surface area contributed by atoms with Crippen LogP contribution in [0.2, 0.25) is 0 Å². The first kappa shape index (κ1) is 20.0. The molecule has 0 unspecified atom stereocenters. The van der Waals surface area contributed by atoms with Crippen LogP contribution in [0.4, 0.5) is 10.5 Å². The zero-order valence-corrected chi connectivity index (χ0v) is 15.3. The van der Waals surface area contributed by atoms with Gasteiger partial charge in [-0.3, -0.25) is 9.48 Å². The van der Waals surface area contributed by atoms with Crippen LogP contribution >= 0.6 is 0 Å². The maximum absolute atomic E-state index is 12.3. The normalized spacial score (nSPS) is 11.6. The zero-order chi connectivity index (χ0) is 18.3. The molecule has 7 heteroatoms. The van der Waals surface area contributed by atoms with Crippen LogP contribution in [0.25, 0.3) is 0 Å². The highest BCUT2D eigenvalue weighted by Gasteiger charge is 2.23. The van der Waals surface area contributed by atoms with Crippen molar-refractivity contribution >= 4 is 17.7 Å². The molecule has 136 valence electrons. The van der Waals surface area contributed by atoms with E-state index in [-0.39, 0.29) is 12.5 Å². The number of rotatable bonds is 9. The molecule has 0 fully saturated rings. The van der Waals surface area contributed by atoms with Gasteiger partial charge < -0.3 is 15.7 Å². The first-order valence-electron chi connectivity index (χ1n) is 8.61. The lowest BCUT2D eigenvalue weighted by molar-refractivity contribution is -0.137. The van der Waals surface area contributed by atoms with Crippen LogP contribution in [-0.2, 0) is 11.2 Å². The summed E-state index contributed by atoms with van der Waals surface area (Å²) in [5, 5.41) is 18.9. The van der Waals surface area contributed by atoms with E-state index >= 15 is 0 Å². The summed E-state index contributed by atoms with van der Waals surface area (Å²) >= 11 is 0. The third-order valence-corrected chi connectivity index (χ3v) is 4.19. The van der Waals surface area contributed by atoms with Crippen LogP contribution in [0.15, 0.2) is 6.20 Å². The summed E-state index contributed by atoms with van der Waals surface area (Å²) in [6.45, 7) is 9.91. The molecule has 0 radical (unpaired) electrons. The Morgan fingerprint density at radius 3 is 2.42 bits per heavy atom. The van der Waals surface area contributed by atoms with Gasteiger partial charge in [0.25, 0.3) is 0 Å². The van der Waals surface area contributed by atoms with E-state index in [1.54, 1.807) is 6.20 Å². The molecule has 24 heavy (non-hydrogen) atoms.